The lowest BCUT2D eigenvalue weighted by Crippen LogP contribution is -2.65. The average Bonchev–Trinajstić information content (AvgIpc) is 3.55. The van der Waals surface area contributed by atoms with Gasteiger partial charge in [-0.2, -0.15) is 0 Å². The van der Waals surface area contributed by atoms with Gasteiger partial charge in [-0.15, -0.1) is 0 Å². The molecule has 224 valence electrons. The number of carboxylic acid groups (broad SMARTS) is 1. The second kappa shape index (κ2) is 12.4. The van der Waals surface area contributed by atoms with Crippen LogP contribution in [0.3, 0.4) is 0 Å². The molecule has 3 heterocycles. The van der Waals surface area contributed by atoms with Crippen LogP contribution in [0.5, 0.6) is 0 Å². The van der Waals surface area contributed by atoms with Gasteiger partial charge < -0.3 is 24.6 Å². The zero-order chi connectivity index (χ0) is 29.2. The van der Waals surface area contributed by atoms with Gasteiger partial charge in [-0.05, 0) is 81.4 Å². The summed E-state index contributed by atoms with van der Waals surface area (Å²) < 4.78 is 13.1. The molecule has 41 heavy (non-hydrogen) atoms. The summed E-state index contributed by atoms with van der Waals surface area (Å²) in [5.74, 6) is -0.0452. The normalized spacial score (nSPS) is 29.8. The van der Waals surface area contributed by atoms with Crippen LogP contribution in [-0.2, 0) is 30.2 Å². The zero-order valence-corrected chi connectivity index (χ0v) is 24.7. The Morgan fingerprint density at radius 2 is 2.02 bits per heavy atom. The average molecular weight is 569 g/mol. The molecule has 11 heteroatoms. The molecule has 0 spiro atoms. The number of carboxylic acids is 1. The van der Waals surface area contributed by atoms with Gasteiger partial charge in [-0.25, -0.2) is 0 Å². The molecule has 5 fully saturated rings. The number of rotatable bonds is 13. The Kier molecular flexibility index (Phi) is 9.06. The monoisotopic (exact) mass is 568 g/mol. The molecule has 1 aromatic heterocycles. The molecular weight excluding hydrogens is 523 g/mol. The van der Waals surface area contributed by atoms with Crippen molar-refractivity contribution in [2.24, 2.45) is 17.3 Å². The maximum absolute atomic E-state index is 13.1. The highest BCUT2D eigenvalue weighted by Gasteiger charge is 2.69. The van der Waals surface area contributed by atoms with E-state index in [-0.39, 0.29) is 48.0 Å². The highest BCUT2D eigenvalue weighted by molar-refractivity contribution is 6.48. The van der Waals surface area contributed by atoms with Crippen molar-refractivity contribution in [3.63, 3.8) is 0 Å². The van der Waals surface area contributed by atoms with Crippen molar-refractivity contribution in [3.8, 4) is 0 Å². The van der Waals surface area contributed by atoms with Gasteiger partial charge in [-0.1, -0.05) is 26.3 Å². The lowest BCUT2D eigenvalue weighted by atomic mass is 9.43. The molecule has 1 aromatic rings. The van der Waals surface area contributed by atoms with Gasteiger partial charge >= 0.3 is 13.1 Å². The van der Waals surface area contributed by atoms with E-state index in [0.29, 0.717) is 44.3 Å². The van der Waals surface area contributed by atoms with Gasteiger partial charge in [0.2, 0.25) is 11.8 Å². The van der Waals surface area contributed by atoms with E-state index in [1.165, 1.54) is 6.42 Å². The summed E-state index contributed by atoms with van der Waals surface area (Å²) in [7, 11) is -0.402. The van der Waals surface area contributed by atoms with Crippen LogP contribution in [0.25, 0.3) is 0 Å². The van der Waals surface area contributed by atoms with E-state index in [0.717, 1.165) is 37.8 Å². The largest absolute Gasteiger partial charge is 0.481 e. The van der Waals surface area contributed by atoms with Crippen LogP contribution in [0.4, 0.5) is 0 Å². The van der Waals surface area contributed by atoms with E-state index in [1.54, 1.807) is 6.20 Å². The van der Waals surface area contributed by atoms with E-state index < -0.39 is 13.1 Å². The van der Waals surface area contributed by atoms with E-state index in [4.69, 9.17) is 9.31 Å². The van der Waals surface area contributed by atoms with Crippen molar-refractivity contribution in [3.05, 3.63) is 30.1 Å². The molecule has 10 nitrogen and oxygen atoms in total. The minimum atomic E-state index is -0.871. The number of carbonyl (C=O) groups is 3. The Morgan fingerprint density at radius 3 is 2.76 bits per heavy atom. The van der Waals surface area contributed by atoms with Crippen LogP contribution >= 0.6 is 0 Å². The third kappa shape index (κ3) is 6.47. The second-order valence-corrected chi connectivity index (χ2v) is 13.1. The number of hydrogen-bond acceptors (Lipinski definition) is 7. The Balaban J connectivity index is 1.01. The molecule has 2 saturated heterocycles. The Labute approximate surface area is 243 Å². The summed E-state index contributed by atoms with van der Waals surface area (Å²) in [5.41, 5.74) is 0.811. The SMILES string of the molecule is CC1(C)C2CC3OB(C4CCCN4C(=O)CNC(=O)CCCCCN(CC(=O)O)Cc4ccccn4)OC3(C)C1C2. The fourth-order valence-electron chi connectivity index (χ4n) is 7.74. The van der Waals surface area contributed by atoms with Gasteiger partial charge in [0.25, 0.3) is 0 Å². The zero-order valence-electron chi connectivity index (χ0n) is 24.7. The van der Waals surface area contributed by atoms with E-state index in [9.17, 15) is 19.5 Å². The summed E-state index contributed by atoms with van der Waals surface area (Å²) in [6, 6.07) is 5.60. The molecule has 5 atom stereocenters. The maximum atomic E-state index is 13.1. The molecule has 3 aliphatic carbocycles. The van der Waals surface area contributed by atoms with Crippen molar-refractivity contribution in [2.45, 2.75) is 96.3 Å². The third-order valence-electron chi connectivity index (χ3n) is 10.2. The fourth-order valence-corrected chi connectivity index (χ4v) is 7.74. The molecule has 5 unspecified atom stereocenters. The topological polar surface area (TPSA) is 121 Å². The van der Waals surface area contributed by atoms with Crippen molar-refractivity contribution < 1.29 is 28.8 Å². The molecule has 3 saturated carbocycles. The first-order valence-corrected chi connectivity index (χ1v) is 15.3. The summed E-state index contributed by atoms with van der Waals surface area (Å²) in [5, 5.41) is 12.0. The van der Waals surface area contributed by atoms with E-state index in [2.05, 4.69) is 31.1 Å². The quantitative estimate of drug-likeness (QED) is 0.275. The first-order valence-electron chi connectivity index (χ1n) is 15.3. The van der Waals surface area contributed by atoms with E-state index in [1.807, 2.05) is 28.0 Å². The minimum absolute atomic E-state index is 0.0169. The lowest BCUT2D eigenvalue weighted by molar-refractivity contribution is -0.199. The highest BCUT2D eigenvalue weighted by Crippen LogP contribution is 2.65. The predicted octanol–water partition coefficient (Wildman–Crippen LogP) is 2.90. The summed E-state index contributed by atoms with van der Waals surface area (Å²) >= 11 is 0. The van der Waals surface area contributed by atoms with Gasteiger partial charge in [0.15, 0.2) is 0 Å². The smallest absolute Gasteiger partial charge is 0.480 e. The summed E-state index contributed by atoms with van der Waals surface area (Å²) in [6.45, 7) is 8.57. The molecular formula is C30H45BN4O6. The highest BCUT2D eigenvalue weighted by atomic mass is 16.7. The molecule has 6 rings (SSSR count). The molecule has 2 aliphatic heterocycles. The number of pyridine rings is 1. The summed E-state index contributed by atoms with van der Waals surface area (Å²) in [6.07, 6.45) is 8.36. The first-order chi connectivity index (χ1) is 19.6. The van der Waals surface area contributed by atoms with Crippen molar-refractivity contribution >= 4 is 24.9 Å². The number of aliphatic carboxylic acids is 1. The molecule has 2 bridgehead atoms. The van der Waals surface area contributed by atoms with E-state index >= 15 is 0 Å². The number of likely N-dealkylation sites (tertiary alicyclic amines) is 1. The van der Waals surface area contributed by atoms with Crippen molar-refractivity contribution in [2.75, 3.05) is 26.2 Å². The third-order valence-corrected chi connectivity index (χ3v) is 10.2. The number of nitrogens with zero attached hydrogens (tertiary/aromatic N) is 3. The first kappa shape index (κ1) is 30.0. The molecule has 0 aromatic carbocycles. The number of hydrogen-bond donors (Lipinski definition) is 2. The molecule has 5 aliphatic rings. The second-order valence-electron chi connectivity index (χ2n) is 13.1. The number of carbonyl (C=O) groups excluding carboxylic acids is 2. The molecule has 2 amide bonds. The van der Waals surface area contributed by atoms with Crippen LogP contribution in [0, 0.1) is 17.3 Å². The summed E-state index contributed by atoms with van der Waals surface area (Å²) in [4.78, 5) is 44.8. The maximum Gasteiger partial charge on any atom is 0.481 e. The van der Waals surface area contributed by atoms with Gasteiger partial charge in [0, 0.05) is 25.7 Å². The minimum Gasteiger partial charge on any atom is -0.480 e. The lowest BCUT2D eigenvalue weighted by Gasteiger charge is -2.64. The molecule has 2 N–H and O–H groups in total. The Morgan fingerprint density at radius 1 is 1.20 bits per heavy atom. The number of amides is 2. The van der Waals surface area contributed by atoms with Crippen molar-refractivity contribution in [1.29, 1.82) is 0 Å². The Hall–Kier alpha value is -2.50. The predicted molar refractivity (Wildman–Crippen MR) is 153 cm³/mol. The van der Waals surface area contributed by atoms with Crippen LogP contribution in [0.15, 0.2) is 24.4 Å². The van der Waals surface area contributed by atoms with Crippen LogP contribution in [0.2, 0.25) is 0 Å². The van der Waals surface area contributed by atoms with Crippen LogP contribution < -0.4 is 5.32 Å². The number of aromatic nitrogens is 1. The molecule has 0 radical (unpaired) electrons. The van der Waals surface area contributed by atoms with Gasteiger partial charge in [0.05, 0.1) is 36.4 Å². The van der Waals surface area contributed by atoms with Crippen molar-refractivity contribution in [1.82, 2.24) is 20.1 Å². The standard InChI is InChI=1S/C30H45BN4O6/c1-29(2)21-16-23(29)30(3)24(17-21)40-31(41-30)25-11-9-15-35(25)27(37)18-33-26(36)12-5-4-8-14-34(20-28(38)39)19-22-10-6-7-13-32-22/h6-7,10,13,21,23-25H,4-5,8-9,11-12,14-20H2,1-3H3,(H,33,36)(H,38,39). The fraction of sp³-hybridized carbons (Fsp3) is 0.733. The van der Waals surface area contributed by atoms with Crippen LogP contribution in [-0.4, -0.2) is 88.6 Å². The Bertz CT molecular complexity index is 1110. The van der Waals surface area contributed by atoms with Gasteiger partial charge in [-0.3, -0.25) is 24.3 Å². The number of unbranched alkanes of at least 4 members (excludes halogenated alkanes) is 2. The van der Waals surface area contributed by atoms with Crippen LogP contribution in [0.1, 0.15) is 77.8 Å². The number of nitrogens with one attached hydrogen (secondary N) is 1. The van der Waals surface area contributed by atoms with Gasteiger partial charge in [0.1, 0.15) is 0 Å².